The number of fused-ring (bicyclic) bond motifs is 1. The standard InChI is InChI=1S/C21H29N5O5/c1-13(2)12-25-19-14(3-6-16(27)24-7-9-31-10-8-24)11-22-26(19)21(30)17(20(25)29)18(28)23-15-4-5-15/h11,13,15,29H,3-10,12H2,1-2H3,(H,23,28). The minimum Gasteiger partial charge on any atom is -0.494 e. The van der Waals surface area contributed by atoms with Crippen molar-refractivity contribution >= 4 is 17.5 Å². The summed E-state index contributed by atoms with van der Waals surface area (Å²) in [6.45, 7) is 6.59. The third-order valence-corrected chi connectivity index (χ3v) is 5.62. The maximum Gasteiger partial charge on any atom is 0.291 e. The Morgan fingerprint density at radius 1 is 1.29 bits per heavy atom. The van der Waals surface area contributed by atoms with Crippen molar-refractivity contribution in [2.75, 3.05) is 26.3 Å². The smallest absolute Gasteiger partial charge is 0.291 e. The van der Waals surface area contributed by atoms with Gasteiger partial charge in [-0.3, -0.25) is 19.0 Å². The third-order valence-electron chi connectivity index (χ3n) is 5.62. The highest BCUT2D eigenvalue weighted by atomic mass is 16.5. The Bertz CT molecular complexity index is 1050. The van der Waals surface area contributed by atoms with Gasteiger partial charge in [-0.05, 0) is 25.2 Å². The number of nitrogens with one attached hydrogen (secondary N) is 1. The van der Waals surface area contributed by atoms with Gasteiger partial charge in [0, 0.05) is 37.7 Å². The van der Waals surface area contributed by atoms with Gasteiger partial charge >= 0.3 is 0 Å². The van der Waals surface area contributed by atoms with Gasteiger partial charge in [-0.2, -0.15) is 9.61 Å². The summed E-state index contributed by atoms with van der Waals surface area (Å²) in [5.74, 6) is -0.770. The van der Waals surface area contributed by atoms with Gasteiger partial charge in [0.05, 0.1) is 19.4 Å². The van der Waals surface area contributed by atoms with E-state index in [1.807, 2.05) is 13.8 Å². The van der Waals surface area contributed by atoms with Gasteiger partial charge in [-0.15, -0.1) is 0 Å². The van der Waals surface area contributed by atoms with E-state index in [0.717, 1.165) is 12.8 Å². The van der Waals surface area contributed by atoms with Crippen LogP contribution in [0.25, 0.3) is 5.65 Å². The number of aromatic nitrogens is 3. The van der Waals surface area contributed by atoms with Crippen molar-refractivity contribution in [1.29, 1.82) is 0 Å². The number of aryl methyl sites for hydroxylation is 1. The molecule has 0 bridgehead atoms. The summed E-state index contributed by atoms with van der Waals surface area (Å²) < 4.78 is 8.02. The molecule has 2 aromatic rings. The molecule has 1 saturated carbocycles. The van der Waals surface area contributed by atoms with E-state index < -0.39 is 11.5 Å². The van der Waals surface area contributed by atoms with Crippen LogP contribution in [0.4, 0.5) is 0 Å². The summed E-state index contributed by atoms with van der Waals surface area (Å²) in [5.41, 5.74) is 0.160. The topological polar surface area (TPSA) is 118 Å². The second-order valence-corrected chi connectivity index (χ2v) is 8.65. The predicted molar refractivity (Wildman–Crippen MR) is 112 cm³/mol. The highest BCUT2D eigenvalue weighted by molar-refractivity contribution is 5.96. The number of ether oxygens (including phenoxy) is 1. The second-order valence-electron chi connectivity index (χ2n) is 8.65. The molecule has 2 aliphatic rings. The summed E-state index contributed by atoms with van der Waals surface area (Å²) in [5, 5.41) is 17.9. The molecule has 168 valence electrons. The molecule has 0 atom stereocenters. The van der Waals surface area contributed by atoms with Crippen LogP contribution in [0.1, 0.15) is 49.0 Å². The predicted octanol–water partition coefficient (Wildman–Crippen LogP) is 0.541. The third kappa shape index (κ3) is 4.43. The molecule has 0 aromatic carbocycles. The van der Waals surface area contributed by atoms with Crippen LogP contribution in [0.2, 0.25) is 0 Å². The first-order chi connectivity index (χ1) is 14.9. The number of rotatable bonds is 7. The van der Waals surface area contributed by atoms with Gasteiger partial charge in [0.15, 0.2) is 5.56 Å². The molecule has 0 spiro atoms. The highest BCUT2D eigenvalue weighted by Crippen LogP contribution is 2.24. The molecule has 4 rings (SSSR count). The summed E-state index contributed by atoms with van der Waals surface area (Å²) >= 11 is 0. The Hall–Kier alpha value is -2.88. The SMILES string of the molecule is CC(C)Cn1c(O)c(C(=O)NC2CC2)c(=O)n2ncc(CCC(=O)N3CCOCC3)c12. The fourth-order valence-corrected chi connectivity index (χ4v) is 3.86. The summed E-state index contributed by atoms with van der Waals surface area (Å²) in [4.78, 5) is 40.0. The summed E-state index contributed by atoms with van der Waals surface area (Å²) in [7, 11) is 0. The minimum atomic E-state index is -0.656. The Kier molecular flexibility index (Phi) is 5.99. The molecular weight excluding hydrogens is 402 g/mol. The van der Waals surface area contributed by atoms with Crippen molar-refractivity contribution in [3.8, 4) is 5.88 Å². The van der Waals surface area contributed by atoms with Crippen LogP contribution >= 0.6 is 0 Å². The molecule has 31 heavy (non-hydrogen) atoms. The first-order valence-electron chi connectivity index (χ1n) is 10.9. The molecule has 1 saturated heterocycles. The molecule has 2 aromatic heterocycles. The number of aromatic hydroxyl groups is 1. The molecule has 3 heterocycles. The lowest BCUT2D eigenvalue weighted by Gasteiger charge is -2.26. The Morgan fingerprint density at radius 2 is 2.00 bits per heavy atom. The maximum absolute atomic E-state index is 13.0. The number of morpholine rings is 1. The van der Waals surface area contributed by atoms with Crippen LogP contribution < -0.4 is 10.9 Å². The summed E-state index contributed by atoms with van der Waals surface area (Å²) in [6, 6.07) is 0.0555. The van der Waals surface area contributed by atoms with Gasteiger partial charge in [0.2, 0.25) is 11.8 Å². The molecule has 0 radical (unpaired) electrons. The average molecular weight is 431 g/mol. The van der Waals surface area contributed by atoms with Crippen molar-refractivity contribution in [3.63, 3.8) is 0 Å². The van der Waals surface area contributed by atoms with Crippen molar-refractivity contribution in [1.82, 2.24) is 24.4 Å². The fraction of sp³-hybridized carbons (Fsp3) is 0.619. The molecular formula is C21H29N5O5. The van der Waals surface area contributed by atoms with Crippen molar-refractivity contribution in [2.45, 2.75) is 52.1 Å². The van der Waals surface area contributed by atoms with E-state index in [-0.39, 0.29) is 35.7 Å². The van der Waals surface area contributed by atoms with Crippen LogP contribution in [0.15, 0.2) is 11.0 Å². The molecule has 2 N–H and O–H groups in total. The molecule has 2 amide bonds. The lowest BCUT2D eigenvalue weighted by Crippen LogP contribution is -2.40. The lowest BCUT2D eigenvalue weighted by molar-refractivity contribution is -0.135. The normalized spacial score (nSPS) is 16.8. The number of carbonyl (C=O) groups is 2. The Balaban J connectivity index is 1.68. The average Bonchev–Trinajstić information content (AvgIpc) is 3.45. The monoisotopic (exact) mass is 431 g/mol. The van der Waals surface area contributed by atoms with Crippen LogP contribution in [0.3, 0.4) is 0 Å². The zero-order valence-electron chi connectivity index (χ0n) is 18.0. The number of nitrogens with zero attached hydrogens (tertiary/aromatic N) is 4. The minimum absolute atomic E-state index is 0.0186. The number of carbonyl (C=O) groups excluding carboxylic acids is 2. The number of amides is 2. The van der Waals surface area contributed by atoms with E-state index >= 15 is 0 Å². The van der Waals surface area contributed by atoms with E-state index in [1.54, 1.807) is 15.7 Å². The maximum atomic E-state index is 13.0. The van der Waals surface area contributed by atoms with E-state index in [2.05, 4.69) is 10.4 Å². The molecule has 10 heteroatoms. The molecule has 0 unspecified atom stereocenters. The first kappa shape index (κ1) is 21.4. The quantitative estimate of drug-likeness (QED) is 0.661. The van der Waals surface area contributed by atoms with Gasteiger partial charge in [0.1, 0.15) is 5.65 Å². The van der Waals surface area contributed by atoms with Gasteiger partial charge in [0.25, 0.3) is 11.5 Å². The van der Waals surface area contributed by atoms with E-state index in [1.165, 1.54) is 4.52 Å². The van der Waals surface area contributed by atoms with E-state index in [4.69, 9.17) is 4.74 Å². The van der Waals surface area contributed by atoms with Crippen LogP contribution in [-0.4, -0.2) is 68.3 Å². The Morgan fingerprint density at radius 3 is 2.65 bits per heavy atom. The van der Waals surface area contributed by atoms with E-state index in [0.29, 0.717) is 50.5 Å². The van der Waals surface area contributed by atoms with Gasteiger partial charge in [-0.25, -0.2) is 0 Å². The number of hydrogen-bond acceptors (Lipinski definition) is 6. The van der Waals surface area contributed by atoms with Gasteiger partial charge < -0.3 is 20.1 Å². The zero-order chi connectivity index (χ0) is 22.1. The van der Waals surface area contributed by atoms with Gasteiger partial charge in [-0.1, -0.05) is 13.8 Å². The molecule has 1 aliphatic carbocycles. The van der Waals surface area contributed by atoms with Crippen LogP contribution in [0.5, 0.6) is 5.88 Å². The fourth-order valence-electron chi connectivity index (χ4n) is 3.86. The van der Waals surface area contributed by atoms with Crippen LogP contribution in [0, 0.1) is 5.92 Å². The Labute approximate surface area is 179 Å². The second kappa shape index (κ2) is 8.70. The van der Waals surface area contributed by atoms with Crippen LogP contribution in [-0.2, 0) is 22.5 Å². The van der Waals surface area contributed by atoms with E-state index in [9.17, 15) is 19.5 Å². The zero-order valence-corrected chi connectivity index (χ0v) is 18.0. The lowest BCUT2D eigenvalue weighted by atomic mass is 10.1. The molecule has 10 nitrogen and oxygen atoms in total. The molecule has 2 fully saturated rings. The van der Waals surface area contributed by atoms with Crippen molar-refractivity contribution < 1.29 is 19.4 Å². The summed E-state index contributed by atoms with van der Waals surface area (Å²) in [6.07, 6.45) is 3.93. The number of hydrogen-bond donors (Lipinski definition) is 2. The molecule has 1 aliphatic heterocycles. The largest absolute Gasteiger partial charge is 0.494 e. The first-order valence-corrected chi connectivity index (χ1v) is 10.9. The highest BCUT2D eigenvalue weighted by Gasteiger charge is 2.30. The van der Waals surface area contributed by atoms with Crippen molar-refractivity contribution in [2.24, 2.45) is 5.92 Å². The van der Waals surface area contributed by atoms with Crippen molar-refractivity contribution in [3.05, 3.63) is 27.7 Å².